The molecule has 0 unspecified atom stereocenters. The molecule has 134 valence electrons. The fourth-order valence-corrected chi connectivity index (χ4v) is 4.07. The number of aryl methyl sites for hydroxylation is 1. The minimum Gasteiger partial charge on any atom is -0.467 e. The van der Waals surface area contributed by atoms with Crippen molar-refractivity contribution in [3.63, 3.8) is 0 Å². The zero-order valence-electron chi connectivity index (χ0n) is 14.2. The highest BCUT2D eigenvalue weighted by molar-refractivity contribution is 7.95. The number of benzene rings is 2. The Balaban J connectivity index is 1.99. The average Bonchev–Trinajstić information content (AvgIpc) is 2.97. The fraction of sp³-hybridized carbons (Fsp3) is 0.211. The van der Waals surface area contributed by atoms with Gasteiger partial charge in [-0.1, -0.05) is 41.4 Å². The Labute approximate surface area is 157 Å². The minimum absolute atomic E-state index is 0.0273. The molecule has 0 aliphatic carbocycles. The summed E-state index contributed by atoms with van der Waals surface area (Å²) in [4.78, 5) is -0.371. The van der Waals surface area contributed by atoms with Gasteiger partial charge in [0.2, 0.25) is 20.6 Å². The Kier molecular flexibility index (Phi) is 4.94. The molecule has 0 spiro atoms. The van der Waals surface area contributed by atoms with Gasteiger partial charge in [-0.15, -0.1) is 0 Å². The molecule has 1 saturated heterocycles. The number of sulfone groups is 1. The lowest BCUT2D eigenvalue weighted by molar-refractivity contribution is 0.154. The largest absolute Gasteiger partial charge is 0.467 e. The van der Waals surface area contributed by atoms with Gasteiger partial charge in [0, 0.05) is 5.02 Å². The third-order valence-electron chi connectivity index (χ3n) is 4.16. The summed E-state index contributed by atoms with van der Waals surface area (Å²) < 4.78 is 31.5. The predicted molar refractivity (Wildman–Crippen MR) is 98.9 cm³/mol. The summed E-state index contributed by atoms with van der Waals surface area (Å²) in [7, 11) is -3.98. The second kappa shape index (κ2) is 7.02. The molecular formula is C19H17ClN2O3S. The molecule has 1 heterocycles. The van der Waals surface area contributed by atoms with Crippen molar-refractivity contribution in [2.75, 3.05) is 0 Å². The standard InChI is InChI=1S/C19H17ClN2O3S/c1-12-3-9-16(10-4-12)26(23,24)17(11-21)19-22-13(2)18(25-19)14-5-7-15(20)8-6-14/h3-10,13,18,22H,1-2H3/t13-,18-/m1/s1. The highest BCUT2D eigenvalue weighted by Crippen LogP contribution is 2.33. The predicted octanol–water partition coefficient (Wildman–Crippen LogP) is 3.86. The van der Waals surface area contributed by atoms with Gasteiger partial charge in [0.15, 0.2) is 0 Å². The van der Waals surface area contributed by atoms with Crippen molar-refractivity contribution in [2.24, 2.45) is 0 Å². The summed E-state index contributed by atoms with van der Waals surface area (Å²) in [5.74, 6) is -0.0273. The third kappa shape index (κ3) is 3.41. The SMILES string of the molecule is Cc1ccc(S(=O)(=O)C(C#N)=C2N[C@H](C)[C@H](c3ccc(Cl)cc3)O2)cc1. The smallest absolute Gasteiger partial charge is 0.221 e. The molecule has 2 atom stereocenters. The van der Waals surface area contributed by atoms with E-state index >= 15 is 0 Å². The number of halogens is 1. The first-order chi connectivity index (χ1) is 12.3. The van der Waals surface area contributed by atoms with Crippen LogP contribution in [0.5, 0.6) is 0 Å². The molecule has 0 aromatic heterocycles. The lowest BCUT2D eigenvalue weighted by Gasteiger charge is -2.13. The van der Waals surface area contributed by atoms with Gasteiger partial charge in [-0.3, -0.25) is 0 Å². The molecule has 0 saturated carbocycles. The average molecular weight is 389 g/mol. The number of nitrogens with one attached hydrogen (secondary N) is 1. The first-order valence-electron chi connectivity index (χ1n) is 7.97. The summed E-state index contributed by atoms with van der Waals surface area (Å²) in [5, 5.41) is 13.1. The van der Waals surface area contributed by atoms with Gasteiger partial charge in [0.1, 0.15) is 12.2 Å². The van der Waals surface area contributed by atoms with Crippen LogP contribution in [0.1, 0.15) is 24.2 Å². The van der Waals surface area contributed by atoms with Crippen molar-refractivity contribution in [3.8, 4) is 6.07 Å². The van der Waals surface area contributed by atoms with Crippen LogP contribution in [0.3, 0.4) is 0 Å². The zero-order valence-corrected chi connectivity index (χ0v) is 15.8. The van der Waals surface area contributed by atoms with Gasteiger partial charge >= 0.3 is 0 Å². The molecule has 5 nitrogen and oxygen atoms in total. The molecule has 0 bridgehead atoms. The van der Waals surface area contributed by atoms with E-state index in [4.69, 9.17) is 16.3 Å². The number of nitriles is 1. The quantitative estimate of drug-likeness (QED) is 0.807. The van der Waals surface area contributed by atoms with Gasteiger partial charge in [-0.2, -0.15) is 5.26 Å². The van der Waals surface area contributed by atoms with E-state index in [1.807, 2.05) is 26.0 Å². The topological polar surface area (TPSA) is 79.2 Å². The lowest BCUT2D eigenvalue weighted by atomic mass is 10.0. The molecule has 1 aliphatic rings. The van der Waals surface area contributed by atoms with Gasteiger partial charge in [-0.25, -0.2) is 8.42 Å². The number of hydrogen-bond acceptors (Lipinski definition) is 5. The summed E-state index contributed by atoms with van der Waals surface area (Å²) in [6.07, 6.45) is -0.418. The van der Waals surface area contributed by atoms with Crippen molar-refractivity contribution < 1.29 is 13.2 Å². The van der Waals surface area contributed by atoms with Crippen molar-refractivity contribution in [2.45, 2.75) is 30.9 Å². The first kappa shape index (κ1) is 18.3. The molecule has 1 fully saturated rings. The molecule has 7 heteroatoms. The van der Waals surface area contributed by atoms with Crippen LogP contribution < -0.4 is 5.32 Å². The third-order valence-corrected chi connectivity index (χ3v) is 6.12. The van der Waals surface area contributed by atoms with Gasteiger partial charge in [-0.05, 0) is 43.7 Å². The molecule has 2 aromatic rings. The van der Waals surface area contributed by atoms with Crippen LogP contribution in [-0.4, -0.2) is 14.5 Å². The highest BCUT2D eigenvalue weighted by Gasteiger charge is 2.36. The van der Waals surface area contributed by atoms with Crippen LogP contribution >= 0.6 is 11.6 Å². The van der Waals surface area contributed by atoms with E-state index < -0.39 is 20.8 Å². The molecule has 3 rings (SSSR count). The van der Waals surface area contributed by atoms with Crippen molar-refractivity contribution >= 4 is 21.4 Å². The summed E-state index contributed by atoms with van der Waals surface area (Å²) >= 11 is 5.91. The van der Waals surface area contributed by atoms with Crippen molar-refractivity contribution in [1.29, 1.82) is 5.26 Å². The minimum atomic E-state index is -3.98. The van der Waals surface area contributed by atoms with Crippen LogP contribution in [0.25, 0.3) is 0 Å². The maximum absolute atomic E-state index is 12.8. The van der Waals surface area contributed by atoms with E-state index in [0.29, 0.717) is 5.02 Å². The maximum Gasteiger partial charge on any atom is 0.221 e. The summed E-state index contributed by atoms with van der Waals surface area (Å²) in [6.45, 7) is 3.72. The van der Waals surface area contributed by atoms with E-state index in [-0.39, 0.29) is 16.8 Å². The second-order valence-electron chi connectivity index (χ2n) is 6.11. The normalized spacial score (nSPS) is 21.5. The first-order valence-corrected chi connectivity index (χ1v) is 9.84. The zero-order chi connectivity index (χ0) is 18.9. The van der Waals surface area contributed by atoms with Crippen LogP contribution in [0.2, 0.25) is 5.02 Å². The number of hydrogen-bond donors (Lipinski definition) is 1. The second-order valence-corrected chi connectivity index (χ2v) is 8.43. The number of rotatable bonds is 3. The Morgan fingerprint density at radius 1 is 1.15 bits per heavy atom. The molecular weight excluding hydrogens is 372 g/mol. The number of allylic oxidation sites excluding steroid dienone is 1. The monoisotopic (exact) mass is 388 g/mol. The Morgan fingerprint density at radius 2 is 1.77 bits per heavy atom. The van der Waals surface area contributed by atoms with Gasteiger partial charge in [0.05, 0.1) is 10.9 Å². The Bertz CT molecular complexity index is 991. The van der Waals surface area contributed by atoms with Crippen LogP contribution in [0, 0.1) is 18.3 Å². The van der Waals surface area contributed by atoms with E-state index in [0.717, 1.165) is 11.1 Å². The van der Waals surface area contributed by atoms with Crippen molar-refractivity contribution in [1.82, 2.24) is 5.32 Å². The van der Waals surface area contributed by atoms with E-state index in [1.54, 1.807) is 30.3 Å². The van der Waals surface area contributed by atoms with E-state index in [9.17, 15) is 13.7 Å². The maximum atomic E-state index is 12.8. The number of ether oxygens (including phenoxy) is 1. The van der Waals surface area contributed by atoms with Crippen molar-refractivity contribution in [3.05, 3.63) is 75.5 Å². The molecule has 2 aromatic carbocycles. The van der Waals surface area contributed by atoms with Crippen LogP contribution in [-0.2, 0) is 14.6 Å². The molecule has 26 heavy (non-hydrogen) atoms. The number of nitrogens with zero attached hydrogens (tertiary/aromatic N) is 1. The Hall–Kier alpha value is -2.49. The van der Waals surface area contributed by atoms with E-state index in [2.05, 4.69) is 5.32 Å². The van der Waals surface area contributed by atoms with Crippen LogP contribution in [0.15, 0.2) is 64.2 Å². The van der Waals surface area contributed by atoms with E-state index in [1.165, 1.54) is 12.1 Å². The summed E-state index contributed by atoms with van der Waals surface area (Å²) in [5.41, 5.74) is 1.77. The van der Waals surface area contributed by atoms with Crippen LogP contribution in [0.4, 0.5) is 0 Å². The summed E-state index contributed by atoms with van der Waals surface area (Å²) in [6, 6.07) is 15.0. The molecule has 0 radical (unpaired) electrons. The fourth-order valence-electron chi connectivity index (χ4n) is 2.74. The Morgan fingerprint density at radius 3 is 2.35 bits per heavy atom. The molecule has 1 N–H and O–H groups in total. The van der Waals surface area contributed by atoms with Gasteiger partial charge < -0.3 is 10.1 Å². The lowest BCUT2D eigenvalue weighted by Crippen LogP contribution is -2.22. The molecule has 0 amide bonds. The molecule has 1 aliphatic heterocycles. The van der Waals surface area contributed by atoms with Gasteiger partial charge in [0.25, 0.3) is 0 Å². The highest BCUT2D eigenvalue weighted by atomic mass is 35.5.